The normalized spacial score (nSPS) is 20.0. The van der Waals surface area contributed by atoms with Crippen LogP contribution in [0, 0.1) is 5.92 Å². The molecule has 1 aromatic rings. The van der Waals surface area contributed by atoms with E-state index in [1.54, 1.807) is 0 Å². The minimum atomic E-state index is 0. The Morgan fingerprint density at radius 2 is 2.41 bits per heavy atom. The van der Waals surface area contributed by atoms with Gasteiger partial charge in [0.2, 0.25) is 0 Å². The molecular weight excluding hydrogens is 234 g/mol. The van der Waals surface area contributed by atoms with Crippen molar-refractivity contribution in [2.24, 2.45) is 5.92 Å². The maximum absolute atomic E-state index is 4.15. The SMILES string of the molecule is CN(Cc1cccnc1)CC1CCCNC1.Cl. The highest BCUT2D eigenvalue weighted by molar-refractivity contribution is 5.85. The van der Waals surface area contributed by atoms with E-state index in [1.165, 1.54) is 38.0 Å². The lowest BCUT2D eigenvalue weighted by atomic mass is 9.99. The van der Waals surface area contributed by atoms with Gasteiger partial charge in [0.1, 0.15) is 0 Å². The van der Waals surface area contributed by atoms with E-state index in [4.69, 9.17) is 0 Å². The number of rotatable bonds is 4. The van der Waals surface area contributed by atoms with Crippen LogP contribution < -0.4 is 5.32 Å². The molecule has 1 fully saturated rings. The first-order valence-electron chi connectivity index (χ1n) is 6.13. The third kappa shape index (κ3) is 5.02. The minimum Gasteiger partial charge on any atom is -0.316 e. The molecule has 0 saturated carbocycles. The van der Waals surface area contributed by atoms with E-state index in [0.717, 1.165) is 12.5 Å². The van der Waals surface area contributed by atoms with Crippen LogP contribution in [0.4, 0.5) is 0 Å². The summed E-state index contributed by atoms with van der Waals surface area (Å²) in [5.74, 6) is 0.815. The van der Waals surface area contributed by atoms with Gasteiger partial charge in [-0.2, -0.15) is 0 Å². The molecule has 17 heavy (non-hydrogen) atoms. The Balaban J connectivity index is 0.00000144. The number of aromatic nitrogens is 1. The number of piperidine rings is 1. The number of nitrogens with zero attached hydrogens (tertiary/aromatic N) is 2. The Kier molecular flexibility index (Phi) is 6.48. The Bertz CT molecular complexity index is 299. The van der Waals surface area contributed by atoms with Gasteiger partial charge in [0, 0.05) is 25.5 Å². The summed E-state index contributed by atoms with van der Waals surface area (Å²) in [4.78, 5) is 6.54. The smallest absolute Gasteiger partial charge is 0.0312 e. The van der Waals surface area contributed by atoms with Crippen LogP contribution >= 0.6 is 12.4 Å². The predicted octanol–water partition coefficient (Wildman–Crippen LogP) is 1.93. The first-order chi connectivity index (χ1) is 7.84. The molecule has 2 rings (SSSR count). The monoisotopic (exact) mass is 255 g/mol. The van der Waals surface area contributed by atoms with Crippen LogP contribution in [0.5, 0.6) is 0 Å². The van der Waals surface area contributed by atoms with Gasteiger partial charge in [-0.15, -0.1) is 12.4 Å². The third-order valence-corrected chi connectivity index (χ3v) is 3.14. The van der Waals surface area contributed by atoms with Crippen LogP contribution in [0.1, 0.15) is 18.4 Å². The summed E-state index contributed by atoms with van der Waals surface area (Å²) in [5, 5.41) is 3.47. The average molecular weight is 256 g/mol. The fourth-order valence-electron chi connectivity index (χ4n) is 2.39. The Morgan fingerprint density at radius 3 is 3.06 bits per heavy atom. The van der Waals surface area contributed by atoms with Gasteiger partial charge < -0.3 is 10.2 Å². The van der Waals surface area contributed by atoms with Gasteiger partial charge in [0.15, 0.2) is 0 Å². The van der Waals surface area contributed by atoms with E-state index in [1.807, 2.05) is 18.5 Å². The van der Waals surface area contributed by atoms with Crippen molar-refractivity contribution in [3.8, 4) is 0 Å². The molecule has 1 aliphatic heterocycles. The van der Waals surface area contributed by atoms with Crippen molar-refractivity contribution >= 4 is 12.4 Å². The van der Waals surface area contributed by atoms with E-state index in [9.17, 15) is 0 Å². The fourth-order valence-corrected chi connectivity index (χ4v) is 2.39. The number of halogens is 1. The molecule has 0 aliphatic carbocycles. The van der Waals surface area contributed by atoms with Gasteiger partial charge in [0.25, 0.3) is 0 Å². The van der Waals surface area contributed by atoms with Gasteiger partial charge >= 0.3 is 0 Å². The number of hydrogen-bond acceptors (Lipinski definition) is 3. The van der Waals surface area contributed by atoms with E-state index in [0.29, 0.717) is 0 Å². The molecule has 0 bridgehead atoms. The van der Waals surface area contributed by atoms with Crippen molar-refractivity contribution in [1.82, 2.24) is 15.2 Å². The molecule has 0 amide bonds. The highest BCUT2D eigenvalue weighted by Gasteiger charge is 2.14. The van der Waals surface area contributed by atoms with Gasteiger partial charge in [-0.3, -0.25) is 4.98 Å². The zero-order chi connectivity index (χ0) is 11.2. The standard InChI is InChI=1S/C13H21N3.ClH/c1-16(10-12-4-2-6-14-8-12)11-13-5-3-7-15-9-13;/h2,4,6,8,13,15H,3,5,7,9-11H2,1H3;1H. The van der Waals surface area contributed by atoms with E-state index in [-0.39, 0.29) is 12.4 Å². The summed E-state index contributed by atoms with van der Waals surface area (Å²) in [7, 11) is 2.20. The largest absolute Gasteiger partial charge is 0.316 e. The van der Waals surface area contributed by atoms with Crippen LogP contribution in [-0.2, 0) is 6.54 Å². The summed E-state index contributed by atoms with van der Waals surface area (Å²) in [5.41, 5.74) is 1.30. The third-order valence-electron chi connectivity index (χ3n) is 3.14. The Labute approximate surface area is 110 Å². The fraction of sp³-hybridized carbons (Fsp3) is 0.615. The maximum Gasteiger partial charge on any atom is 0.0312 e. The molecule has 0 radical (unpaired) electrons. The Morgan fingerprint density at radius 1 is 1.53 bits per heavy atom. The first-order valence-corrected chi connectivity index (χ1v) is 6.13. The molecule has 3 nitrogen and oxygen atoms in total. The van der Waals surface area contributed by atoms with Crippen LogP contribution in [-0.4, -0.2) is 36.6 Å². The highest BCUT2D eigenvalue weighted by atomic mass is 35.5. The second-order valence-electron chi connectivity index (χ2n) is 4.77. The molecule has 0 aromatic carbocycles. The molecule has 1 N–H and O–H groups in total. The second-order valence-corrected chi connectivity index (χ2v) is 4.77. The van der Waals surface area contributed by atoms with Gasteiger partial charge in [-0.1, -0.05) is 6.07 Å². The van der Waals surface area contributed by atoms with Crippen LogP contribution in [0.15, 0.2) is 24.5 Å². The number of nitrogens with one attached hydrogen (secondary N) is 1. The topological polar surface area (TPSA) is 28.2 Å². The highest BCUT2D eigenvalue weighted by Crippen LogP contribution is 2.12. The van der Waals surface area contributed by atoms with Crippen molar-refractivity contribution in [2.45, 2.75) is 19.4 Å². The molecule has 0 spiro atoms. The van der Waals surface area contributed by atoms with Crippen molar-refractivity contribution in [1.29, 1.82) is 0 Å². The van der Waals surface area contributed by atoms with Gasteiger partial charge in [-0.25, -0.2) is 0 Å². The van der Waals surface area contributed by atoms with E-state index < -0.39 is 0 Å². The first kappa shape index (κ1) is 14.4. The summed E-state index contributed by atoms with van der Waals surface area (Å²) >= 11 is 0. The molecular formula is C13H22ClN3. The molecule has 1 atom stereocenters. The minimum absolute atomic E-state index is 0. The van der Waals surface area contributed by atoms with Gasteiger partial charge in [0.05, 0.1) is 0 Å². The van der Waals surface area contributed by atoms with Crippen molar-refractivity contribution < 1.29 is 0 Å². The molecule has 96 valence electrons. The number of hydrogen-bond donors (Lipinski definition) is 1. The quantitative estimate of drug-likeness (QED) is 0.891. The maximum atomic E-state index is 4.15. The Hall–Kier alpha value is -0.640. The van der Waals surface area contributed by atoms with Crippen molar-refractivity contribution in [3.05, 3.63) is 30.1 Å². The zero-order valence-electron chi connectivity index (χ0n) is 10.4. The van der Waals surface area contributed by atoms with Crippen molar-refractivity contribution in [3.63, 3.8) is 0 Å². The molecule has 1 aromatic heterocycles. The molecule has 1 aliphatic rings. The van der Waals surface area contributed by atoms with E-state index in [2.05, 4.69) is 28.3 Å². The molecule has 4 heteroatoms. The summed E-state index contributed by atoms with van der Waals surface area (Å²) < 4.78 is 0. The van der Waals surface area contributed by atoms with Crippen LogP contribution in [0.3, 0.4) is 0 Å². The summed E-state index contributed by atoms with van der Waals surface area (Å²) in [6.45, 7) is 4.56. The lowest BCUT2D eigenvalue weighted by Crippen LogP contribution is -2.36. The second kappa shape index (κ2) is 7.64. The average Bonchev–Trinajstić information content (AvgIpc) is 2.31. The van der Waals surface area contributed by atoms with E-state index >= 15 is 0 Å². The predicted molar refractivity (Wildman–Crippen MR) is 73.4 cm³/mol. The van der Waals surface area contributed by atoms with Crippen molar-refractivity contribution in [2.75, 3.05) is 26.7 Å². The number of pyridine rings is 1. The zero-order valence-corrected chi connectivity index (χ0v) is 11.2. The summed E-state index contributed by atoms with van der Waals surface area (Å²) in [6, 6.07) is 4.15. The van der Waals surface area contributed by atoms with Crippen LogP contribution in [0.25, 0.3) is 0 Å². The lowest BCUT2D eigenvalue weighted by Gasteiger charge is -2.27. The summed E-state index contributed by atoms with van der Waals surface area (Å²) in [6.07, 6.45) is 6.47. The van der Waals surface area contributed by atoms with Gasteiger partial charge in [-0.05, 0) is 50.5 Å². The lowest BCUT2D eigenvalue weighted by molar-refractivity contribution is 0.237. The molecule has 1 saturated heterocycles. The molecule has 1 unspecified atom stereocenters. The van der Waals surface area contributed by atoms with Crippen LogP contribution in [0.2, 0.25) is 0 Å². The molecule has 2 heterocycles.